The van der Waals surface area contributed by atoms with Crippen molar-refractivity contribution in [3.05, 3.63) is 59.7 Å². The van der Waals surface area contributed by atoms with E-state index in [1.54, 1.807) is 7.11 Å². The van der Waals surface area contributed by atoms with Gasteiger partial charge in [0.1, 0.15) is 5.75 Å². The lowest BCUT2D eigenvalue weighted by Crippen LogP contribution is -2.22. The van der Waals surface area contributed by atoms with E-state index < -0.39 is 0 Å². The summed E-state index contributed by atoms with van der Waals surface area (Å²) in [4.78, 5) is 9.39. The van der Waals surface area contributed by atoms with Crippen molar-refractivity contribution in [1.82, 2.24) is 9.97 Å². The van der Waals surface area contributed by atoms with Gasteiger partial charge in [-0.15, -0.1) is 0 Å². The van der Waals surface area contributed by atoms with Gasteiger partial charge >= 0.3 is 0 Å². The van der Waals surface area contributed by atoms with Crippen molar-refractivity contribution in [3.8, 4) is 28.3 Å². The molecule has 1 heterocycles. The van der Waals surface area contributed by atoms with E-state index in [2.05, 4.69) is 23.5 Å². The molecule has 0 amide bonds. The van der Waals surface area contributed by atoms with Crippen molar-refractivity contribution < 1.29 is 4.74 Å². The molecular formula is C20H18N4OS. The summed E-state index contributed by atoms with van der Waals surface area (Å²) in [6, 6.07) is 16.2. The molecule has 1 aromatic heterocycles. The molecule has 3 aromatic rings. The Balaban J connectivity index is 1.92. The summed E-state index contributed by atoms with van der Waals surface area (Å²) in [7, 11) is 1.66. The van der Waals surface area contributed by atoms with Crippen LogP contribution in [0.15, 0.2) is 48.5 Å². The Hall–Kier alpha value is -2.99. The molecule has 130 valence electrons. The van der Waals surface area contributed by atoms with Crippen molar-refractivity contribution in [2.45, 2.75) is 12.8 Å². The highest BCUT2D eigenvalue weighted by Crippen LogP contribution is 2.37. The van der Waals surface area contributed by atoms with Crippen LogP contribution >= 0.6 is 12.2 Å². The third kappa shape index (κ3) is 2.99. The Bertz CT molecular complexity index is 986. The predicted octanol–water partition coefficient (Wildman–Crippen LogP) is 3.57. The minimum Gasteiger partial charge on any atom is -0.497 e. The second-order valence-electron chi connectivity index (χ2n) is 6.10. The lowest BCUT2D eigenvalue weighted by Gasteiger charge is -2.22. The molecule has 0 atom stereocenters. The number of nitrogens with zero attached hydrogens (tertiary/aromatic N) is 2. The minimum atomic E-state index is 0.148. The van der Waals surface area contributed by atoms with Crippen molar-refractivity contribution in [2.75, 3.05) is 12.4 Å². The number of fused-ring (bicyclic) bond motifs is 3. The van der Waals surface area contributed by atoms with E-state index in [9.17, 15) is 0 Å². The van der Waals surface area contributed by atoms with Crippen LogP contribution in [0.3, 0.4) is 0 Å². The average Bonchev–Trinajstić information content (AvgIpc) is 2.67. The lowest BCUT2D eigenvalue weighted by atomic mass is 9.87. The van der Waals surface area contributed by atoms with E-state index in [1.165, 1.54) is 5.56 Å². The largest absolute Gasteiger partial charge is 0.497 e. The van der Waals surface area contributed by atoms with Crippen molar-refractivity contribution in [2.24, 2.45) is 5.73 Å². The number of ether oxygens (including phenoxy) is 1. The van der Waals surface area contributed by atoms with Crippen LogP contribution in [0.5, 0.6) is 5.75 Å². The molecule has 1 aliphatic rings. The fourth-order valence-electron chi connectivity index (χ4n) is 3.33. The Morgan fingerprint density at radius 1 is 1.04 bits per heavy atom. The van der Waals surface area contributed by atoms with E-state index in [0.717, 1.165) is 46.7 Å². The second kappa shape index (κ2) is 6.72. The summed E-state index contributed by atoms with van der Waals surface area (Å²) in [6.45, 7) is 0. The fourth-order valence-corrected chi connectivity index (χ4v) is 3.42. The van der Waals surface area contributed by atoms with Crippen LogP contribution < -0.4 is 15.8 Å². The maximum Gasteiger partial charge on any atom is 0.230 e. The number of rotatable bonds is 3. The highest BCUT2D eigenvalue weighted by atomic mass is 32.1. The van der Waals surface area contributed by atoms with Gasteiger partial charge in [-0.05, 0) is 54.9 Å². The van der Waals surface area contributed by atoms with Gasteiger partial charge < -0.3 is 15.8 Å². The quantitative estimate of drug-likeness (QED) is 0.694. The van der Waals surface area contributed by atoms with Gasteiger partial charge in [0.2, 0.25) is 5.95 Å². The first-order valence-electron chi connectivity index (χ1n) is 8.36. The van der Waals surface area contributed by atoms with Gasteiger partial charge in [-0.1, -0.05) is 24.3 Å². The van der Waals surface area contributed by atoms with Crippen molar-refractivity contribution in [3.63, 3.8) is 0 Å². The van der Waals surface area contributed by atoms with Crippen LogP contribution in [0.25, 0.3) is 22.5 Å². The second-order valence-corrected chi connectivity index (χ2v) is 6.54. The Kier molecular flexibility index (Phi) is 4.26. The summed E-state index contributed by atoms with van der Waals surface area (Å²) in [5, 5.41) is 3.03. The van der Waals surface area contributed by atoms with Crippen LogP contribution in [0.1, 0.15) is 11.1 Å². The molecule has 0 saturated carbocycles. The molecule has 0 unspecified atom stereocenters. The molecular weight excluding hydrogens is 344 g/mol. The number of nitrogens with one attached hydrogen (secondary N) is 1. The number of nitrogens with two attached hydrogens (primary N) is 1. The highest BCUT2D eigenvalue weighted by molar-refractivity contribution is 7.80. The number of methoxy groups -OCH3 is 1. The summed E-state index contributed by atoms with van der Waals surface area (Å²) < 4.78 is 5.26. The first-order chi connectivity index (χ1) is 12.7. The van der Waals surface area contributed by atoms with Crippen LogP contribution in [0.2, 0.25) is 0 Å². The van der Waals surface area contributed by atoms with Gasteiger partial charge in [0.15, 0.2) is 5.11 Å². The molecule has 2 aromatic carbocycles. The summed E-state index contributed by atoms with van der Waals surface area (Å²) >= 11 is 4.97. The number of hydrogen-bond donors (Lipinski definition) is 2. The molecule has 4 rings (SSSR count). The smallest absolute Gasteiger partial charge is 0.230 e. The monoisotopic (exact) mass is 362 g/mol. The molecule has 5 nitrogen and oxygen atoms in total. The van der Waals surface area contributed by atoms with E-state index in [4.69, 9.17) is 32.7 Å². The van der Waals surface area contributed by atoms with Crippen LogP contribution in [-0.2, 0) is 12.8 Å². The van der Waals surface area contributed by atoms with Crippen LogP contribution in [0.4, 0.5) is 5.95 Å². The van der Waals surface area contributed by atoms with Crippen LogP contribution in [0, 0.1) is 0 Å². The Labute approximate surface area is 157 Å². The number of hydrogen-bond acceptors (Lipinski definition) is 4. The van der Waals surface area contributed by atoms with E-state index in [1.807, 2.05) is 30.3 Å². The molecule has 0 aliphatic heterocycles. The Morgan fingerprint density at radius 2 is 1.77 bits per heavy atom. The predicted molar refractivity (Wildman–Crippen MR) is 107 cm³/mol. The first kappa shape index (κ1) is 16.5. The normalized spacial score (nSPS) is 12.0. The summed E-state index contributed by atoms with van der Waals surface area (Å²) in [6.07, 6.45) is 1.86. The molecule has 0 saturated heterocycles. The molecule has 0 bridgehead atoms. The zero-order chi connectivity index (χ0) is 18.1. The van der Waals surface area contributed by atoms with E-state index >= 15 is 0 Å². The third-order valence-electron chi connectivity index (χ3n) is 4.52. The van der Waals surface area contributed by atoms with Gasteiger partial charge in [0, 0.05) is 16.7 Å². The van der Waals surface area contributed by atoms with Gasteiger partial charge in [0.05, 0.1) is 18.5 Å². The topological polar surface area (TPSA) is 73.1 Å². The highest BCUT2D eigenvalue weighted by Gasteiger charge is 2.23. The fraction of sp³-hybridized carbons (Fsp3) is 0.150. The number of aromatic nitrogens is 2. The van der Waals surface area contributed by atoms with Crippen LogP contribution in [-0.4, -0.2) is 22.2 Å². The molecule has 1 aliphatic carbocycles. The summed E-state index contributed by atoms with van der Waals surface area (Å²) in [5.74, 6) is 1.22. The maximum atomic E-state index is 5.65. The molecule has 0 spiro atoms. The van der Waals surface area contributed by atoms with Gasteiger partial charge in [-0.2, -0.15) is 0 Å². The van der Waals surface area contributed by atoms with Crippen molar-refractivity contribution >= 4 is 23.3 Å². The summed E-state index contributed by atoms with van der Waals surface area (Å²) in [5.41, 5.74) is 12.1. The zero-order valence-electron chi connectivity index (χ0n) is 14.3. The van der Waals surface area contributed by atoms with E-state index in [0.29, 0.717) is 5.95 Å². The van der Waals surface area contributed by atoms with Gasteiger partial charge in [-0.25, -0.2) is 9.97 Å². The lowest BCUT2D eigenvalue weighted by molar-refractivity contribution is 0.415. The minimum absolute atomic E-state index is 0.148. The molecule has 26 heavy (non-hydrogen) atoms. The zero-order valence-corrected chi connectivity index (χ0v) is 15.1. The number of benzene rings is 2. The average molecular weight is 362 g/mol. The Morgan fingerprint density at radius 3 is 2.50 bits per heavy atom. The van der Waals surface area contributed by atoms with Crippen molar-refractivity contribution in [1.29, 1.82) is 0 Å². The number of aryl methyl sites for hydroxylation is 1. The SMILES string of the molecule is COc1ccc(-c2nc(NC(N)=S)nc3c2CCc2ccccc2-3)cc1. The molecule has 6 heteroatoms. The molecule has 0 radical (unpaired) electrons. The first-order valence-corrected chi connectivity index (χ1v) is 8.76. The number of thiocarbonyl (C=S) groups is 1. The molecule has 0 fully saturated rings. The third-order valence-corrected chi connectivity index (χ3v) is 4.62. The van der Waals surface area contributed by atoms with Gasteiger partial charge in [-0.3, -0.25) is 0 Å². The van der Waals surface area contributed by atoms with E-state index in [-0.39, 0.29) is 5.11 Å². The maximum absolute atomic E-state index is 5.65. The van der Waals surface area contributed by atoms with Gasteiger partial charge in [0.25, 0.3) is 0 Å². The standard InChI is InChI=1S/C20H18N4OS/c1-25-14-9-6-13(7-10-14)17-16-11-8-12-4-2-3-5-15(12)18(16)23-20(22-17)24-19(21)26/h2-7,9-10H,8,11H2,1H3,(H3,21,22,23,24,26). The molecule has 3 N–H and O–H groups in total. The number of anilines is 1.